The minimum atomic E-state index is 0.513. The number of fused-ring (bicyclic) bond motifs is 1. The second kappa shape index (κ2) is 6.17. The zero-order valence-corrected chi connectivity index (χ0v) is 11.2. The third kappa shape index (κ3) is 3.14. The Kier molecular flexibility index (Phi) is 4.10. The normalized spacial score (nSPS) is 16.4. The van der Waals surface area contributed by atoms with Crippen LogP contribution in [0.3, 0.4) is 0 Å². The maximum atomic E-state index is 5.83. The van der Waals surface area contributed by atoms with Gasteiger partial charge < -0.3 is 10.1 Å². The van der Waals surface area contributed by atoms with Crippen molar-refractivity contribution in [2.24, 2.45) is 0 Å². The van der Waals surface area contributed by atoms with E-state index in [4.69, 9.17) is 4.74 Å². The average Bonchev–Trinajstić information content (AvgIpc) is 3.08. The van der Waals surface area contributed by atoms with Gasteiger partial charge in [-0.1, -0.05) is 18.9 Å². The lowest BCUT2D eigenvalue weighted by molar-refractivity contribution is 0.0603. The molecule has 0 radical (unpaired) electrons. The van der Waals surface area contributed by atoms with Gasteiger partial charge in [-0.2, -0.15) is 5.10 Å². The predicted molar refractivity (Wildman–Crippen MR) is 75.1 cm³/mol. The molecule has 0 unspecified atom stereocenters. The van der Waals surface area contributed by atoms with Gasteiger partial charge in [0.05, 0.1) is 24.4 Å². The molecule has 2 aromatic rings. The third-order valence-corrected chi connectivity index (χ3v) is 3.76. The van der Waals surface area contributed by atoms with Crippen molar-refractivity contribution in [1.29, 1.82) is 0 Å². The molecule has 0 spiro atoms. The van der Waals surface area contributed by atoms with E-state index in [1.165, 1.54) is 36.8 Å². The summed E-state index contributed by atoms with van der Waals surface area (Å²) in [6.07, 6.45) is 9.57. The first-order chi connectivity index (χ1) is 9.43. The summed E-state index contributed by atoms with van der Waals surface area (Å²) < 4.78 is 7.74. The number of ether oxygens (including phenoxy) is 1. The molecule has 3 rings (SSSR count). The summed E-state index contributed by atoms with van der Waals surface area (Å²) in [5.74, 6) is 0. The fraction of sp³-hybridized carbons (Fsp3) is 0.533. The van der Waals surface area contributed by atoms with Crippen LogP contribution in [-0.4, -0.2) is 28.9 Å². The molecule has 1 saturated carbocycles. The molecule has 4 nitrogen and oxygen atoms in total. The molecule has 0 bridgehead atoms. The van der Waals surface area contributed by atoms with Crippen LogP contribution in [-0.2, 0) is 11.3 Å². The monoisotopic (exact) mass is 259 g/mol. The lowest BCUT2D eigenvalue weighted by Crippen LogP contribution is -2.21. The van der Waals surface area contributed by atoms with Crippen molar-refractivity contribution in [3.05, 3.63) is 36.2 Å². The van der Waals surface area contributed by atoms with Crippen molar-refractivity contribution < 1.29 is 4.74 Å². The Balaban J connectivity index is 1.42. The zero-order chi connectivity index (χ0) is 12.9. The number of pyridine rings is 1. The van der Waals surface area contributed by atoms with E-state index in [1.807, 2.05) is 29.0 Å². The summed E-state index contributed by atoms with van der Waals surface area (Å²) in [5, 5.41) is 7.75. The number of hydrogen-bond acceptors (Lipinski definition) is 3. The smallest absolute Gasteiger partial charge is 0.0706 e. The topological polar surface area (TPSA) is 38.6 Å². The van der Waals surface area contributed by atoms with Crippen molar-refractivity contribution in [2.75, 3.05) is 13.2 Å². The van der Waals surface area contributed by atoms with E-state index in [-0.39, 0.29) is 0 Å². The van der Waals surface area contributed by atoms with E-state index < -0.39 is 0 Å². The molecular formula is C15H21N3O. The Morgan fingerprint density at radius 1 is 1.32 bits per heavy atom. The second-order valence-electron chi connectivity index (χ2n) is 5.15. The van der Waals surface area contributed by atoms with E-state index in [0.29, 0.717) is 6.10 Å². The number of nitrogens with zero attached hydrogens (tertiary/aromatic N) is 2. The van der Waals surface area contributed by atoms with Crippen molar-refractivity contribution in [2.45, 2.75) is 38.3 Å². The van der Waals surface area contributed by atoms with Gasteiger partial charge in [0.1, 0.15) is 0 Å². The first-order valence-electron chi connectivity index (χ1n) is 7.17. The van der Waals surface area contributed by atoms with E-state index in [1.54, 1.807) is 0 Å². The predicted octanol–water partition coefficient (Wildman–Crippen LogP) is 2.38. The highest BCUT2D eigenvalue weighted by molar-refractivity contribution is 5.53. The van der Waals surface area contributed by atoms with Crippen LogP contribution in [0.25, 0.3) is 5.52 Å². The molecule has 2 aromatic heterocycles. The maximum absolute atomic E-state index is 5.83. The van der Waals surface area contributed by atoms with Gasteiger partial charge >= 0.3 is 0 Å². The van der Waals surface area contributed by atoms with Crippen molar-refractivity contribution in [3.8, 4) is 0 Å². The molecule has 4 heteroatoms. The summed E-state index contributed by atoms with van der Waals surface area (Å²) in [7, 11) is 0. The van der Waals surface area contributed by atoms with Gasteiger partial charge in [-0.25, -0.2) is 4.52 Å². The first kappa shape index (κ1) is 12.6. The summed E-state index contributed by atoms with van der Waals surface area (Å²) in [4.78, 5) is 0. The van der Waals surface area contributed by atoms with E-state index in [0.717, 1.165) is 19.7 Å². The molecule has 102 valence electrons. The van der Waals surface area contributed by atoms with E-state index in [9.17, 15) is 0 Å². The molecule has 0 aliphatic heterocycles. The summed E-state index contributed by atoms with van der Waals surface area (Å²) in [6.45, 7) is 2.56. The molecule has 1 N–H and O–H groups in total. The van der Waals surface area contributed by atoms with Gasteiger partial charge in [-0.05, 0) is 25.0 Å². The quantitative estimate of drug-likeness (QED) is 0.810. The van der Waals surface area contributed by atoms with Gasteiger partial charge in [0.2, 0.25) is 0 Å². The standard InChI is InChI=1S/C15H21N3O/c1-2-6-14(5-1)19-10-8-16-11-13-12-17-18-9-4-3-7-15(13)18/h3-4,7,9,12,14,16H,1-2,5-6,8,10-11H2. The number of aromatic nitrogens is 2. The van der Waals surface area contributed by atoms with Gasteiger partial charge in [0.25, 0.3) is 0 Å². The largest absolute Gasteiger partial charge is 0.377 e. The number of hydrogen-bond donors (Lipinski definition) is 1. The van der Waals surface area contributed by atoms with Gasteiger partial charge in [0.15, 0.2) is 0 Å². The SMILES string of the molecule is c1ccn2ncc(CNCCOC3CCCC3)c2c1. The summed E-state index contributed by atoms with van der Waals surface area (Å²) in [5.41, 5.74) is 2.41. The lowest BCUT2D eigenvalue weighted by atomic mass is 10.2. The van der Waals surface area contributed by atoms with Gasteiger partial charge in [-0.3, -0.25) is 0 Å². The van der Waals surface area contributed by atoms with Crippen LogP contribution >= 0.6 is 0 Å². The minimum absolute atomic E-state index is 0.513. The van der Waals surface area contributed by atoms with Crippen LogP contribution in [0.5, 0.6) is 0 Å². The van der Waals surface area contributed by atoms with Crippen LogP contribution in [0.15, 0.2) is 30.6 Å². The maximum Gasteiger partial charge on any atom is 0.0706 e. The number of nitrogens with one attached hydrogen (secondary N) is 1. The van der Waals surface area contributed by atoms with Crippen molar-refractivity contribution in [1.82, 2.24) is 14.9 Å². The minimum Gasteiger partial charge on any atom is -0.377 e. The number of rotatable bonds is 6. The fourth-order valence-electron chi connectivity index (χ4n) is 2.70. The zero-order valence-electron chi connectivity index (χ0n) is 11.2. The third-order valence-electron chi connectivity index (χ3n) is 3.76. The van der Waals surface area contributed by atoms with Gasteiger partial charge in [-0.15, -0.1) is 0 Å². The first-order valence-corrected chi connectivity index (χ1v) is 7.17. The van der Waals surface area contributed by atoms with Crippen LogP contribution in [0, 0.1) is 0 Å². The Labute approximate surface area is 113 Å². The Morgan fingerprint density at radius 3 is 3.11 bits per heavy atom. The molecule has 19 heavy (non-hydrogen) atoms. The average molecular weight is 259 g/mol. The molecule has 2 heterocycles. The molecule has 1 aliphatic rings. The second-order valence-corrected chi connectivity index (χ2v) is 5.15. The molecular weight excluding hydrogens is 238 g/mol. The fourth-order valence-corrected chi connectivity index (χ4v) is 2.70. The van der Waals surface area contributed by atoms with Gasteiger partial charge in [0, 0.05) is 24.8 Å². The van der Waals surface area contributed by atoms with Crippen LogP contribution in [0.4, 0.5) is 0 Å². The lowest BCUT2D eigenvalue weighted by Gasteiger charge is -2.11. The van der Waals surface area contributed by atoms with Crippen molar-refractivity contribution >= 4 is 5.52 Å². The highest BCUT2D eigenvalue weighted by atomic mass is 16.5. The van der Waals surface area contributed by atoms with E-state index in [2.05, 4.69) is 16.5 Å². The Morgan fingerprint density at radius 2 is 2.21 bits per heavy atom. The molecule has 0 amide bonds. The van der Waals surface area contributed by atoms with Crippen molar-refractivity contribution in [3.63, 3.8) is 0 Å². The summed E-state index contributed by atoms with van der Waals surface area (Å²) in [6, 6.07) is 6.13. The van der Waals surface area contributed by atoms with Crippen LogP contribution in [0.2, 0.25) is 0 Å². The highest BCUT2D eigenvalue weighted by Crippen LogP contribution is 2.20. The molecule has 1 fully saturated rings. The molecule has 1 aliphatic carbocycles. The summed E-state index contributed by atoms with van der Waals surface area (Å²) >= 11 is 0. The Hall–Kier alpha value is -1.39. The Bertz CT molecular complexity index is 517. The van der Waals surface area contributed by atoms with Crippen LogP contribution in [0.1, 0.15) is 31.2 Å². The molecule has 0 atom stereocenters. The van der Waals surface area contributed by atoms with Crippen LogP contribution < -0.4 is 5.32 Å². The molecule has 0 saturated heterocycles. The van der Waals surface area contributed by atoms with E-state index >= 15 is 0 Å². The molecule has 0 aromatic carbocycles. The highest BCUT2D eigenvalue weighted by Gasteiger charge is 2.14.